The molecule has 0 fully saturated rings. The molecule has 0 spiro atoms. The van der Waals surface area contributed by atoms with E-state index in [1.54, 1.807) is 12.1 Å². The van der Waals surface area contributed by atoms with E-state index >= 15 is 0 Å². The van der Waals surface area contributed by atoms with Crippen molar-refractivity contribution in [3.8, 4) is 0 Å². The molecule has 3 aromatic carbocycles. The Balaban J connectivity index is 2.09. The Labute approximate surface area is 169 Å². The molecule has 0 radical (unpaired) electrons. The molecule has 3 aromatic rings. The van der Waals surface area contributed by atoms with Gasteiger partial charge in [-0.15, -0.1) is 0 Å². The summed E-state index contributed by atoms with van der Waals surface area (Å²) in [7, 11) is -3.69. The van der Waals surface area contributed by atoms with Gasteiger partial charge in [-0.2, -0.15) is 0 Å². The fraction of sp³-hybridized carbons (Fsp3) is 0.182. The van der Waals surface area contributed by atoms with Gasteiger partial charge in [-0.25, -0.2) is 8.42 Å². The van der Waals surface area contributed by atoms with Crippen LogP contribution in [0.1, 0.15) is 22.3 Å². The Morgan fingerprint density at radius 3 is 2.04 bits per heavy atom. The summed E-state index contributed by atoms with van der Waals surface area (Å²) in [6, 6.07) is 20.5. The van der Waals surface area contributed by atoms with E-state index in [4.69, 9.17) is 0 Å². The number of aryl methyl sites for hydroxylation is 3. The number of anilines is 1. The highest BCUT2D eigenvalue weighted by Gasteiger charge is 2.25. The molecular formula is C22H22BrNO2S. The van der Waals surface area contributed by atoms with Gasteiger partial charge in [0.25, 0.3) is 10.0 Å². The molecule has 0 saturated heterocycles. The minimum Gasteiger partial charge on any atom is -0.262 e. The summed E-state index contributed by atoms with van der Waals surface area (Å²) in [6.07, 6.45) is 0. The molecule has 3 nitrogen and oxygen atoms in total. The molecule has 0 bridgehead atoms. The summed E-state index contributed by atoms with van der Waals surface area (Å²) in [6.45, 7) is 6.23. The van der Waals surface area contributed by atoms with Gasteiger partial charge in [0, 0.05) is 4.47 Å². The van der Waals surface area contributed by atoms with Crippen LogP contribution in [0.3, 0.4) is 0 Å². The normalized spacial score (nSPS) is 11.4. The van der Waals surface area contributed by atoms with Gasteiger partial charge in [0.15, 0.2) is 0 Å². The molecule has 0 saturated carbocycles. The lowest BCUT2D eigenvalue weighted by Gasteiger charge is -2.25. The Hall–Kier alpha value is -2.11. The predicted molar refractivity (Wildman–Crippen MR) is 115 cm³/mol. The fourth-order valence-electron chi connectivity index (χ4n) is 2.79. The van der Waals surface area contributed by atoms with Crippen LogP contribution >= 0.6 is 15.9 Å². The van der Waals surface area contributed by atoms with E-state index < -0.39 is 10.0 Å². The molecule has 27 heavy (non-hydrogen) atoms. The molecular weight excluding hydrogens is 422 g/mol. The molecule has 0 unspecified atom stereocenters. The van der Waals surface area contributed by atoms with Crippen LogP contribution in [0.25, 0.3) is 0 Å². The molecule has 0 aliphatic rings. The highest BCUT2D eigenvalue weighted by Crippen LogP contribution is 2.28. The Morgan fingerprint density at radius 1 is 0.815 bits per heavy atom. The van der Waals surface area contributed by atoms with Crippen LogP contribution in [0, 0.1) is 20.8 Å². The monoisotopic (exact) mass is 443 g/mol. The zero-order chi connectivity index (χ0) is 19.6. The zero-order valence-corrected chi connectivity index (χ0v) is 18.0. The van der Waals surface area contributed by atoms with Crippen LogP contribution < -0.4 is 4.31 Å². The number of sulfonamides is 1. The third kappa shape index (κ3) is 4.42. The Morgan fingerprint density at radius 2 is 1.44 bits per heavy atom. The lowest BCUT2D eigenvalue weighted by molar-refractivity contribution is 0.590. The number of rotatable bonds is 5. The molecule has 0 aliphatic carbocycles. The third-order valence-electron chi connectivity index (χ3n) is 4.63. The molecule has 0 aromatic heterocycles. The largest absolute Gasteiger partial charge is 0.264 e. The maximum atomic E-state index is 13.4. The molecule has 0 N–H and O–H groups in total. The fourth-order valence-corrected chi connectivity index (χ4v) is 4.50. The van der Waals surface area contributed by atoms with Crippen LogP contribution in [0.5, 0.6) is 0 Å². The minimum absolute atomic E-state index is 0.270. The number of hydrogen-bond donors (Lipinski definition) is 0. The van der Waals surface area contributed by atoms with E-state index in [1.165, 1.54) is 4.31 Å². The van der Waals surface area contributed by atoms with Crippen LogP contribution in [-0.2, 0) is 16.6 Å². The van der Waals surface area contributed by atoms with Gasteiger partial charge in [0.2, 0.25) is 0 Å². The Kier molecular flexibility index (Phi) is 5.72. The summed E-state index contributed by atoms with van der Waals surface area (Å²) in [5, 5.41) is 0. The molecule has 140 valence electrons. The van der Waals surface area contributed by atoms with E-state index in [9.17, 15) is 8.42 Å². The van der Waals surface area contributed by atoms with E-state index in [0.717, 1.165) is 26.7 Å². The molecule has 5 heteroatoms. The lowest BCUT2D eigenvalue weighted by Crippen LogP contribution is -2.30. The summed E-state index contributed by atoms with van der Waals surface area (Å²) in [5.41, 5.74) is 4.82. The van der Waals surface area contributed by atoms with Crippen LogP contribution in [0.15, 0.2) is 76.1 Å². The second-order valence-corrected chi connectivity index (χ2v) is 9.50. The van der Waals surface area contributed by atoms with Crippen molar-refractivity contribution in [3.05, 3.63) is 93.5 Å². The second kappa shape index (κ2) is 7.87. The maximum absolute atomic E-state index is 13.4. The first-order valence-electron chi connectivity index (χ1n) is 8.68. The van der Waals surface area contributed by atoms with Gasteiger partial charge in [-0.05, 0) is 73.9 Å². The molecule has 3 rings (SSSR count). The lowest BCUT2D eigenvalue weighted by atomic mass is 10.1. The Bertz CT molecular complexity index is 1040. The summed E-state index contributed by atoms with van der Waals surface area (Å²) >= 11 is 3.43. The first-order chi connectivity index (χ1) is 12.8. The van der Waals surface area contributed by atoms with Gasteiger partial charge < -0.3 is 0 Å². The van der Waals surface area contributed by atoms with E-state index in [2.05, 4.69) is 15.9 Å². The standard InChI is InChI=1S/C22H22BrNO2S/c1-16-4-12-22(13-5-16)27(25,26)24(15-19-7-9-20(23)10-8-19)21-11-6-17(2)18(3)14-21/h4-14H,15H2,1-3H3. The van der Waals surface area contributed by atoms with Crippen LogP contribution in [0.2, 0.25) is 0 Å². The average Bonchev–Trinajstić information content (AvgIpc) is 2.64. The van der Waals surface area contributed by atoms with Gasteiger partial charge in [0.05, 0.1) is 17.1 Å². The SMILES string of the molecule is Cc1ccc(S(=O)(=O)N(Cc2ccc(Br)cc2)c2ccc(C)c(C)c2)cc1. The van der Waals surface area contributed by atoms with E-state index in [-0.39, 0.29) is 6.54 Å². The average molecular weight is 444 g/mol. The van der Waals surface area contributed by atoms with E-state index in [1.807, 2.05) is 75.4 Å². The van der Waals surface area contributed by atoms with Crippen molar-refractivity contribution in [2.75, 3.05) is 4.31 Å². The van der Waals surface area contributed by atoms with Crippen LogP contribution in [0.4, 0.5) is 5.69 Å². The van der Waals surface area contributed by atoms with Gasteiger partial charge in [0.1, 0.15) is 0 Å². The van der Waals surface area contributed by atoms with E-state index in [0.29, 0.717) is 10.6 Å². The number of hydrogen-bond acceptors (Lipinski definition) is 2. The first kappa shape index (κ1) is 19.6. The van der Waals surface area contributed by atoms with Crippen LogP contribution in [-0.4, -0.2) is 8.42 Å². The number of halogens is 1. The summed E-state index contributed by atoms with van der Waals surface area (Å²) in [4.78, 5) is 0.295. The van der Waals surface area contributed by atoms with Crippen molar-refractivity contribution in [2.24, 2.45) is 0 Å². The van der Waals surface area contributed by atoms with Gasteiger partial charge >= 0.3 is 0 Å². The van der Waals surface area contributed by atoms with Crippen molar-refractivity contribution >= 4 is 31.6 Å². The summed E-state index contributed by atoms with van der Waals surface area (Å²) < 4.78 is 29.3. The molecule has 0 aliphatic heterocycles. The number of benzene rings is 3. The topological polar surface area (TPSA) is 37.4 Å². The van der Waals surface area contributed by atoms with Crippen molar-refractivity contribution in [3.63, 3.8) is 0 Å². The third-order valence-corrected chi connectivity index (χ3v) is 6.94. The zero-order valence-electron chi connectivity index (χ0n) is 15.6. The highest BCUT2D eigenvalue weighted by atomic mass is 79.9. The van der Waals surface area contributed by atoms with Gasteiger partial charge in [-0.3, -0.25) is 4.31 Å². The maximum Gasteiger partial charge on any atom is 0.264 e. The first-order valence-corrected chi connectivity index (χ1v) is 10.9. The highest BCUT2D eigenvalue weighted by molar-refractivity contribution is 9.10. The van der Waals surface area contributed by atoms with Crippen molar-refractivity contribution < 1.29 is 8.42 Å². The number of nitrogens with zero attached hydrogens (tertiary/aromatic N) is 1. The van der Waals surface area contributed by atoms with Crippen molar-refractivity contribution in [2.45, 2.75) is 32.2 Å². The van der Waals surface area contributed by atoms with Crippen molar-refractivity contribution in [1.29, 1.82) is 0 Å². The van der Waals surface area contributed by atoms with Gasteiger partial charge in [-0.1, -0.05) is 51.8 Å². The molecule has 0 heterocycles. The summed E-state index contributed by atoms with van der Waals surface area (Å²) in [5.74, 6) is 0. The molecule has 0 atom stereocenters. The second-order valence-electron chi connectivity index (χ2n) is 6.72. The predicted octanol–water partition coefficient (Wildman–Crippen LogP) is 5.77. The molecule has 0 amide bonds. The smallest absolute Gasteiger partial charge is 0.262 e. The quantitative estimate of drug-likeness (QED) is 0.501. The minimum atomic E-state index is -3.69. The van der Waals surface area contributed by atoms with Crippen molar-refractivity contribution in [1.82, 2.24) is 0 Å².